The Morgan fingerprint density at radius 3 is 2.50 bits per heavy atom. The summed E-state index contributed by atoms with van der Waals surface area (Å²) in [5.41, 5.74) is 0.428. The van der Waals surface area contributed by atoms with E-state index in [1.807, 2.05) is 0 Å². The van der Waals surface area contributed by atoms with Crippen LogP contribution in [0, 0.1) is 11.3 Å². The lowest BCUT2D eigenvalue weighted by molar-refractivity contribution is 0.0496. The molecule has 1 atom stereocenters. The molecule has 3 heteroatoms. The van der Waals surface area contributed by atoms with Gasteiger partial charge in [0.25, 0.3) is 0 Å². The fourth-order valence-corrected chi connectivity index (χ4v) is 3.59. The van der Waals surface area contributed by atoms with Crippen LogP contribution in [-0.2, 0) is 4.74 Å². The molecule has 1 aliphatic heterocycles. The van der Waals surface area contributed by atoms with Crippen LogP contribution in [0.1, 0.15) is 52.4 Å². The van der Waals surface area contributed by atoms with E-state index in [-0.39, 0.29) is 0 Å². The lowest BCUT2D eigenvalue weighted by Crippen LogP contribution is -2.43. The third-order valence-corrected chi connectivity index (χ3v) is 4.81. The average Bonchev–Trinajstić information content (AvgIpc) is 3.22. The van der Waals surface area contributed by atoms with Crippen molar-refractivity contribution >= 4 is 0 Å². The molecule has 0 radical (unpaired) electrons. The SMILES string of the molecule is CCCC(C)(CNC1CC1)CN(C)CC1CCOCC1. The van der Waals surface area contributed by atoms with Crippen molar-refractivity contribution in [1.82, 2.24) is 10.2 Å². The first kappa shape index (κ1) is 16.3. The molecule has 1 unspecified atom stereocenters. The van der Waals surface area contributed by atoms with E-state index in [1.54, 1.807) is 0 Å². The summed E-state index contributed by atoms with van der Waals surface area (Å²) in [6, 6.07) is 0.826. The van der Waals surface area contributed by atoms with Crippen LogP contribution in [0.15, 0.2) is 0 Å². The lowest BCUT2D eigenvalue weighted by atomic mass is 9.84. The molecule has 1 saturated heterocycles. The molecule has 1 saturated carbocycles. The minimum Gasteiger partial charge on any atom is -0.381 e. The number of nitrogens with zero attached hydrogens (tertiary/aromatic N) is 1. The van der Waals surface area contributed by atoms with Gasteiger partial charge < -0.3 is 15.0 Å². The Bertz CT molecular complexity index is 274. The van der Waals surface area contributed by atoms with Gasteiger partial charge in [-0.3, -0.25) is 0 Å². The van der Waals surface area contributed by atoms with Crippen molar-refractivity contribution in [2.75, 3.05) is 39.9 Å². The Labute approximate surface area is 125 Å². The monoisotopic (exact) mass is 282 g/mol. The first-order chi connectivity index (χ1) is 9.61. The molecule has 1 aliphatic carbocycles. The standard InChI is InChI=1S/C17H34N2O/c1-4-9-17(2,13-18-16-5-6-16)14-19(3)12-15-7-10-20-11-8-15/h15-16,18H,4-14H2,1-3H3. The molecule has 0 aromatic heterocycles. The molecule has 0 spiro atoms. The molecule has 1 N–H and O–H groups in total. The van der Waals surface area contributed by atoms with E-state index in [0.29, 0.717) is 5.41 Å². The van der Waals surface area contributed by atoms with E-state index in [9.17, 15) is 0 Å². The Morgan fingerprint density at radius 1 is 1.20 bits per heavy atom. The highest BCUT2D eigenvalue weighted by atomic mass is 16.5. The van der Waals surface area contributed by atoms with Gasteiger partial charge in [0.05, 0.1) is 0 Å². The third-order valence-electron chi connectivity index (χ3n) is 4.81. The highest BCUT2D eigenvalue weighted by Gasteiger charge is 2.29. The summed E-state index contributed by atoms with van der Waals surface area (Å²) in [4.78, 5) is 2.57. The summed E-state index contributed by atoms with van der Waals surface area (Å²) in [6.07, 6.45) is 7.88. The van der Waals surface area contributed by atoms with E-state index in [1.165, 1.54) is 58.2 Å². The van der Waals surface area contributed by atoms with E-state index in [2.05, 4.69) is 31.1 Å². The highest BCUT2D eigenvalue weighted by Crippen LogP contribution is 2.27. The zero-order valence-corrected chi connectivity index (χ0v) is 13.8. The number of hydrogen-bond donors (Lipinski definition) is 1. The summed E-state index contributed by atoms with van der Waals surface area (Å²) in [5, 5.41) is 3.74. The molecular weight excluding hydrogens is 248 g/mol. The lowest BCUT2D eigenvalue weighted by Gasteiger charge is -2.36. The van der Waals surface area contributed by atoms with Gasteiger partial charge >= 0.3 is 0 Å². The predicted octanol–water partition coefficient (Wildman–Crippen LogP) is 2.90. The number of ether oxygens (including phenoxy) is 1. The normalized spacial score (nSPS) is 24.0. The zero-order valence-electron chi connectivity index (χ0n) is 13.8. The Hall–Kier alpha value is -0.120. The molecule has 118 valence electrons. The second kappa shape index (κ2) is 7.77. The van der Waals surface area contributed by atoms with Gasteiger partial charge in [0, 0.05) is 38.9 Å². The second-order valence-electron chi connectivity index (χ2n) is 7.47. The molecule has 0 aromatic rings. The molecule has 2 rings (SSSR count). The van der Waals surface area contributed by atoms with Gasteiger partial charge in [0.1, 0.15) is 0 Å². The Morgan fingerprint density at radius 2 is 1.90 bits per heavy atom. The minimum atomic E-state index is 0.428. The molecule has 2 aliphatic rings. The van der Waals surface area contributed by atoms with E-state index in [0.717, 1.165) is 25.2 Å². The quantitative estimate of drug-likeness (QED) is 0.704. The van der Waals surface area contributed by atoms with Crippen LogP contribution in [-0.4, -0.2) is 50.8 Å². The third kappa shape index (κ3) is 5.71. The molecule has 3 nitrogen and oxygen atoms in total. The Kier molecular flexibility index (Phi) is 6.31. The van der Waals surface area contributed by atoms with Gasteiger partial charge in [-0.15, -0.1) is 0 Å². The summed E-state index contributed by atoms with van der Waals surface area (Å²) in [6.45, 7) is 10.4. The molecule has 0 bridgehead atoms. The number of rotatable bonds is 9. The van der Waals surface area contributed by atoms with Crippen molar-refractivity contribution in [3.63, 3.8) is 0 Å². The van der Waals surface area contributed by atoms with Gasteiger partial charge in [0.2, 0.25) is 0 Å². The maximum atomic E-state index is 5.46. The smallest absolute Gasteiger partial charge is 0.0469 e. The fourth-order valence-electron chi connectivity index (χ4n) is 3.59. The maximum Gasteiger partial charge on any atom is 0.0469 e. The van der Waals surface area contributed by atoms with Crippen molar-refractivity contribution in [2.24, 2.45) is 11.3 Å². The molecule has 0 amide bonds. The first-order valence-corrected chi connectivity index (χ1v) is 8.61. The molecule has 2 fully saturated rings. The van der Waals surface area contributed by atoms with Crippen molar-refractivity contribution in [3.05, 3.63) is 0 Å². The van der Waals surface area contributed by atoms with E-state index < -0.39 is 0 Å². The summed E-state index contributed by atoms with van der Waals surface area (Å²) < 4.78 is 5.46. The van der Waals surface area contributed by atoms with Gasteiger partial charge in [-0.2, -0.15) is 0 Å². The second-order valence-corrected chi connectivity index (χ2v) is 7.47. The van der Waals surface area contributed by atoms with Crippen LogP contribution in [0.4, 0.5) is 0 Å². The molecule has 20 heavy (non-hydrogen) atoms. The van der Waals surface area contributed by atoms with Crippen LogP contribution in [0.5, 0.6) is 0 Å². The van der Waals surface area contributed by atoms with Gasteiger partial charge in [-0.25, -0.2) is 0 Å². The van der Waals surface area contributed by atoms with Gasteiger partial charge in [-0.05, 0) is 50.5 Å². The van der Waals surface area contributed by atoms with Crippen LogP contribution >= 0.6 is 0 Å². The van der Waals surface area contributed by atoms with Crippen molar-refractivity contribution in [1.29, 1.82) is 0 Å². The summed E-state index contributed by atoms with van der Waals surface area (Å²) in [5.74, 6) is 0.844. The van der Waals surface area contributed by atoms with Crippen molar-refractivity contribution < 1.29 is 4.74 Å². The highest BCUT2D eigenvalue weighted by molar-refractivity contribution is 4.87. The maximum absolute atomic E-state index is 5.46. The zero-order chi connectivity index (χ0) is 14.4. The molecular formula is C17H34N2O. The molecule has 1 heterocycles. The van der Waals surface area contributed by atoms with Crippen molar-refractivity contribution in [3.8, 4) is 0 Å². The van der Waals surface area contributed by atoms with Gasteiger partial charge in [0.15, 0.2) is 0 Å². The van der Waals surface area contributed by atoms with Crippen LogP contribution in [0.2, 0.25) is 0 Å². The van der Waals surface area contributed by atoms with Gasteiger partial charge in [-0.1, -0.05) is 20.3 Å². The Balaban J connectivity index is 1.75. The molecule has 0 aromatic carbocycles. The fraction of sp³-hybridized carbons (Fsp3) is 1.00. The van der Waals surface area contributed by atoms with Crippen LogP contribution in [0.3, 0.4) is 0 Å². The minimum absolute atomic E-state index is 0.428. The summed E-state index contributed by atoms with van der Waals surface area (Å²) in [7, 11) is 2.31. The van der Waals surface area contributed by atoms with E-state index in [4.69, 9.17) is 4.74 Å². The predicted molar refractivity (Wildman–Crippen MR) is 85.1 cm³/mol. The topological polar surface area (TPSA) is 24.5 Å². The number of hydrogen-bond acceptors (Lipinski definition) is 3. The first-order valence-electron chi connectivity index (χ1n) is 8.61. The van der Waals surface area contributed by atoms with Crippen molar-refractivity contribution in [2.45, 2.75) is 58.4 Å². The average molecular weight is 282 g/mol. The van der Waals surface area contributed by atoms with Crippen LogP contribution < -0.4 is 5.32 Å². The number of nitrogens with one attached hydrogen (secondary N) is 1. The largest absolute Gasteiger partial charge is 0.381 e. The van der Waals surface area contributed by atoms with E-state index >= 15 is 0 Å². The van der Waals surface area contributed by atoms with Crippen LogP contribution in [0.25, 0.3) is 0 Å². The summed E-state index contributed by atoms with van der Waals surface area (Å²) >= 11 is 0.